The minimum atomic E-state index is -0.366. The van der Waals surface area contributed by atoms with Crippen molar-refractivity contribution in [2.45, 2.75) is 13.3 Å². The van der Waals surface area contributed by atoms with Gasteiger partial charge in [-0.1, -0.05) is 23.8 Å². The predicted molar refractivity (Wildman–Crippen MR) is 136 cm³/mol. The van der Waals surface area contributed by atoms with E-state index in [0.717, 1.165) is 43.9 Å². The van der Waals surface area contributed by atoms with Crippen molar-refractivity contribution in [2.75, 3.05) is 48.8 Å². The highest BCUT2D eigenvalue weighted by Crippen LogP contribution is 2.32. The molecule has 2 amide bonds. The summed E-state index contributed by atoms with van der Waals surface area (Å²) in [6.07, 6.45) is 1.10. The van der Waals surface area contributed by atoms with Gasteiger partial charge in [0.25, 0.3) is 11.8 Å². The van der Waals surface area contributed by atoms with Gasteiger partial charge in [-0.15, -0.1) is 0 Å². The molecule has 0 aromatic heterocycles. The number of carbonyl (C=O) groups excluding carboxylic acids is 2. The summed E-state index contributed by atoms with van der Waals surface area (Å²) in [7, 11) is 2.13. The summed E-state index contributed by atoms with van der Waals surface area (Å²) in [5.74, 6) is -0.816. The number of aromatic hydroxyl groups is 1. The number of phenolic OH excluding ortho intramolecular Hbond substituents is 1. The molecule has 1 aliphatic heterocycles. The van der Waals surface area contributed by atoms with Crippen LogP contribution in [0.25, 0.3) is 0 Å². The first-order valence-electron chi connectivity index (χ1n) is 11.5. The molecule has 0 unspecified atom stereocenters. The van der Waals surface area contributed by atoms with Crippen molar-refractivity contribution in [1.82, 2.24) is 4.90 Å². The molecule has 0 radical (unpaired) electrons. The maximum absolute atomic E-state index is 12.9. The first-order valence-corrected chi connectivity index (χ1v) is 11.5. The number of hydrogen-bond acceptors (Lipinski definition) is 5. The first-order chi connectivity index (χ1) is 16.4. The number of nitrogens with one attached hydrogen (secondary N) is 2. The van der Waals surface area contributed by atoms with Crippen LogP contribution in [0.3, 0.4) is 0 Å². The van der Waals surface area contributed by atoms with Crippen LogP contribution in [0.1, 0.15) is 32.7 Å². The number of anilines is 3. The van der Waals surface area contributed by atoms with E-state index in [0.29, 0.717) is 16.8 Å². The van der Waals surface area contributed by atoms with Crippen molar-refractivity contribution >= 4 is 28.9 Å². The fourth-order valence-electron chi connectivity index (χ4n) is 3.99. The topological polar surface area (TPSA) is 84.9 Å². The second-order valence-electron chi connectivity index (χ2n) is 8.66. The van der Waals surface area contributed by atoms with E-state index in [1.807, 2.05) is 31.2 Å². The molecule has 7 nitrogen and oxygen atoms in total. The van der Waals surface area contributed by atoms with Gasteiger partial charge in [-0.2, -0.15) is 0 Å². The summed E-state index contributed by atoms with van der Waals surface area (Å²) in [4.78, 5) is 30.3. The van der Waals surface area contributed by atoms with Crippen molar-refractivity contribution in [3.8, 4) is 5.75 Å². The average Bonchev–Trinajstić information content (AvgIpc) is 3.06. The van der Waals surface area contributed by atoms with Crippen LogP contribution in [-0.4, -0.2) is 55.0 Å². The summed E-state index contributed by atoms with van der Waals surface area (Å²) in [6.45, 7) is 5.97. The molecular formula is C27H30N4O3. The van der Waals surface area contributed by atoms with Crippen LogP contribution in [0.15, 0.2) is 66.7 Å². The Balaban J connectivity index is 1.47. The lowest BCUT2D eigenvalue weighted by molar-refractivity contribution is 0.101. The maximum Gasteiger partial charge on any atom is 0.255 e. The highest BCUT2D eigenvalue weighted by Gasteiger charge is 2.17. The summed E-state index contributed by atoms with van der Waals surface area (Å²) in [5.41, 5.74) is 3.57. The molecular weight excluding hydrogens is 428 g/mol. The number of benzene rings is 3. The lowest BCUT2D eigenvalue weighted by atomic mass is 10.1. The molecule has 0 saturated carbocycles. The zero-order valence-electron chi connectivity index (χ0n) is 19.5. The van der Waals surface area contributed by atoms with E-state index < -0.39 is 0 Å². The highest BCUT2D eigenvalue weighted by molar-refractivity contribution is 6.11. The normalized spacial score (nSPS) is 14.4. The van der Waals surface area contributed by atoms with Crippen LogP contribution in [-0.2, 0) is 0 Å². The van der Waals surface area contributed by atoms with E-state index in [9.17, 15) is 14.7 Å². The second kappa shape index (κ2) is 10.4. The molecule has 7 heteroatoms. The fourth-order valence-corrected chi connectivity index (χ4v) is 3.99. The third kappa shape index (κ3) is 5.55. The van der Waals surface area contributed by atoms with E-state index in [1.54, 1.807) is 36.4 Å². The van der Waals surface area contributed by atoms with Gasteiger partial charge in [0.1, 0.15) is 11.4 Å². The lowest BCUT2D eigenvalue weighted by Crippen LogP contribution is -2.28. The van der Waals surface area contributed by atoms with Crippen molar-refractivity contribution in [1.29, 1.82) is 0 Å². The molecule has 0 aliphatic carbocycles. The van der Waals surface area contributed by atoms with E-state index in [1.165, 1.54) is 6.07 Å². The average molecular weight is 459 g/mol. The van der Waals surface area contributed by atoms with Crippen molar-refractivity contribution < 1.29 is 14.7 Å². The monoisotopic (exact) mass is 458 g/mol. The number of amides is 2. The zero-order valence-corrected chi connectivity index (χ0v) is 19.5. The van der Waals surface area contributed by atoms with Crippen LogP contribution in [0.5, 0.6) is 5.75 Å². The predicted octanol–water partition coefficient (Wildman–Crippen LogP) is 4.35. The smallest absolute Gasteiger partial charge is 0.255 e. The second-order valence-corrected chi connectivity index (χ2v) is 8.66. The third-order valence-electron chi connectivity index (χ3n) is 6.06. The number of carbonyl (C=O) groups is 2. The van der Waals surface area contributed by atoms with E-state index >= 15 is 0 Å². The largest absolute Gasteiger partial charge is 0.506 e. The fraction of sp³-hybridized carbons (Fsp3) is 0.259. The molecule has 1 fully saturated rings. The molecule has 3 aromatic carbocycles. The van der Waals surface area contributed by atoms with Gasteiger partial charge in [0.15, 0.2) is 0 Å². The minimum absolute atomic E-state index is 0.125. The molecule has 0 spiro atoms. The summed E-state index contributed by atoms with van der Waals surface area (Å²) < 4.78 is 0. The van der Waals surface area contributed by atoms with Crippen LogP contribution < -0.4 is 15.5 Å². The lowest BCUT2D eigenvalue weighted by Gasteiger charge is -2.23. The van der Waals surface area contributed by atoms with Crippen LogP contribution in [0.2, 0.25) is 0 Å². The first kappa shape index (κ1) is 23.3. The number of nitrogens with zero attached hydrogens (tertiary/aromatic N) is 2. The number of hydrogen-bond donors (Lipinski definition) is 3. The maximum atomic E-state index is 12.9. The Bertz CT molecular complexity index is 1160. The van der Waals surface area contributed by atoms with E-state index in [-0.39, 0.29) is 23.3 Å². The van der Waals surface area contributed by atoms with Gasteiger partial charge in [-0.05, 0) is 75.5 Å². The Morgan fingerprint density at radius 3 is 2.15 bits per heavy atom. The van der Waals surface area contributed by atoms with Gasteiger partial charge in [-0.3, -0.25) is 9.59 Å². The zero-order chi connectivity index (χ0) is 24.1. The Kier molecular flexibility index (Phi) is 7.13. The number of rotatable bonds is 5. The molecule has 3 N–H and O–H groups in total. The quantitative estimate of drug-likeness (QED) is 0.495. The number of phenols is 1. The van der Waals surface area contributed by atoms with Gasteiger partial charge in [0.2, 0.25) is 0 Å². The van der Waals surface area contributed by atoms with E-state index in [2.05, 4.69) is 27.5 Å². The molecule has 1 saturated heterocycles. The summed E-state index contributed by atoms with van der Waals surface area (Å²) in [5, 5.41) is 15.9. The van der Waals surface area contributed by atoms with Gasteiger partial charge in [0, 0.05) is 36.4 Å². The summed E-state index contributed by atoms with van der Waals surface area (Å²) in [6, 6.07) is 19.4. The molecule has 0 atom stereocenters. The van der Waals surface area contributed by atoms with E-state index in [4.69, 9.17) is 0 Å². The molecule has 1 heterocycles. The number of likely N-dealkylation sites (N-methyl/N-ethyl adjacent to an activating group) is 1. The SMILES string of the molecule is Cc1ccc(C(=O)Nc2cccc(O)c2NC(=O)c2ccc(N3CCCN(C)CC3)cc2)cc1. The molecule has 0 bridgehead atoms. The van der Waals surface area contributed by atoms with Gasteiger partial charge >= 0.3 is 0 Å². The molecule has 4 rings (SSSR count). The highest BCUT2D eigenvalue weighted by atomic mass is 16.3. The third-order valence-corrected chi connectivity index (χ3v) is 6.06. The van der Waals surface area contributed by atoms with Gasteiger partial charge in [-0.25, -0.2) is 0 Å². The Labute approximate surface area is 200 Å². The number of aryl methyl sites for hydroxylation is 1. The van der Waals surface area contributed by atoms with Crippen LogP contribution >= 0.6 is 0 Å². The molecule has 176 valence electrons. The molecule has 1 aliphatic rings. The van der Waals surface area contributed by atoms with Crippen molar-refractivity contribution in [2.24, 2.45) is 0 Å². The summed E-state index contributed by atoms with van der Waals surface area (Å²) >= 11 is 0. The Morgan fingerprint density at radius 2 is 1.44 bits per heavy atom. The molecule has 34 heavy (non-hydrogen) atoms. The van der Waals surface area contributed by atoms with Crippen molar-refractivity contribution in [3.63, 3.8) is 0 Å². The van der Waals surface area contributed by atoms with Gasteiger partial charge in [0.05, 0.1) is 5.69 Å². The van der Waals surface area contributed by atoms with Crippen LogP contribution in [0.4, 0.5) is 17.1 Å². The van der Waals surface area contributed by atoms with Gasteiger partial charge < -0.3 is 25.5 Å². The van der Waals surface area contributed by atoms with Crippen molar-refractivity contribution in [3.05, 3.63) is 83.4 Å². The van der Waals surface area contributed by atoms with Crippen LogP contribution in [0, 0.1) is 6.92 Å². The number of para-hydroxylation sites is 1. The standard InChI is InChI=1S/C27H30N4O3/c1-19-7-9-20(10-8-19)26(33)28-23-5-3-6-24(32)25(23)29-27(34)21-11-13-22(14-12-21)31-16-4-15-30(2)17-18-31/h3,5-14,32H,4,15-18H2,1-2H3,(H,28,33)(H,29,34). The Hall–Kier alpha value is -3.84. The molecule has 3 aromatic rings. The minimum Gasteiger partial charge on any atom is -0.506 e. The Morgan fingerprint density at radius 1 is 0.794 bits per heavy atom.